The van der Waals surface area contributed by atoms with E-state index in [1.807, 2.05) is 0 Å². The number of hydrogen-bond acceptors (Lipinski definition) is 5. The summed E-state index contributed by atoms with van der Waals surface area (Å²) in [7, 11) is 3.04. The highest BCUT2D eigenvalue weighted by molar-refractivity contribution is 5.82. The van der Waals surface area contributed by atoms with Crippen molar-refractivity contribution in [2.24, 2.45) is 0 Å². The zero-order chi connectivity index (χ0) is 12.1. The van der Waals surface area contributed by atoms with Gasteiger partial charge in [-0.1, -0.05) is 0 Å². The van der Waals surface area contributed by atoms with Gasteiger partial charge in [-0.15, -0.1) is 0 Å². The van der Waals surface area contributed by atoms with Gasteiger partial charge in [-0.25, -0.2) is 0 Å². The minimum atomic E-state index is -0.463. The number of aliphatic hydroxyl groups is 1. The first-order valence-electron chi connectivity index (χ1n) is 5.36. The highest BCUT2D eigenvalue weighted by Crippen LogP contribution is 2.07. The van der Waals surface area contributed by atoms with Gasteiger partial charge in [-0.05, 0) is 13.3 Å². The van der Waals surface area contributed by atoms with Crippen LogP contribution < -0.4 is 10.6 Å². The molecule has 0 aromatic heterocycles. The molecule has 16 heavy (non-hydrogen) atoms. The van der Waals surface area contributed by atoms with Gasteiger partial charge < -0.3 is 25.2 Å². The SMILES string of the molecule is COC(OC)C(C)NC(=O)C1CC(O)CN1. The Kier molecular flexibility index (Phi) is 5.14. The molecule has 0 saturated carbocycles. The number of hydrogen-bond donors (Lipinski definition) is 3. The van der Waals surface area contributed by atoms with Crippen LogP contribution in [0.4, 0.5) is 0 Å². The van der Waals surface area contributed by atoms with E-state index in [2.05, 4.69) is 10.6 Å². The number of aliphatic hydroxyl groups excluding tert-OH is 1. The van der Waals surface area contributed by atoms with Crippen molar-refractivity contribution < 1.29 is 19.4 Å². The maximum atomic E-state index is 11.7. The number of methoxy groups -OCH3 is 2. The first-order valence-corrected chi connectivity index (χ1v) is 5.36. The number of ether oxygens (including phenoxy) is 2. The smallest absolute Gasteiger partial charge is 0.237 e. The molecule has 0 spiro atoms. The van der Waals surface area contributed by atoms with Crippen LogP contribution in [0, 0.1) is 0 Å². The quantitative estimate of drug-likeness (QED) is 0.521. The van der Waals surface area contributed by atoms with Crippen LogP contribution in [0.15, 0.2) is 0 Å². The summed E-state index contributed by atoms with van der Waals surface area (Å²) >= 11 is 0. The Morgan fingerprint density at radius 1 is 1.50 bits per heavy atom. The number of β-amino-alcohol motifs (C(OH)–C–C–N with tert-alkyl or cyclic N) is 1. The molecular formula is C10H20N2O4. The summed E-state index contributed by atoms with van der Waals surface area (Å²) in [4.78, 5) is 11.7. The zero-order valence-electron chi connectivity index (χ0n) is 9.90. The molecule has 6 nitrogen and oxygen atoms in total. The molecule has 6 heteroatoms. The van der Waals surface area contributed by atoms with Crippen molar-refractivity contribution >= 4 is 5.91 Å². The third kappa shape index (κ3) is 3.41. The third-order valence-corrected chi connectivity index (χ3v) is 2.67. The minimum absolute atomic E-state index is 0.136. The van der Waals surface area contributed by atoms with Crippen LogP contribution in [0.25, 0.3) is 0 Å². The van der Waals surface area contributed by atoms with Gasteiger partial charge in [0.05, 0.1) is 18.2 Å². The molecule has 1 aliphatic rings. The molecule has 0 aromatic carbocycles. The van der Waals surface area contributed by atoms with Crippen LogP contribution in [0.5, 0.6) is 0 Å². The van der Waals surface area contributed by atoms with Crippen molar-refractivity contribution in [3.05, 3.63) is 0 Å². The fraction of sp³-hybridized carbons (Fsp3) is 0.900. The maximum absolute atomic E-state index is 11.7. The molecule has 1 aliphatic heterocycles. The first-order chi connectivity index (χ1) is 7.58. The average molecular weight is 232 g/mol. The molecular weight excluding hydrogens is 212 g/mol. The molecule has 1 rings (SSSR count). The topological polar surface area (TPSA) is 79.8 Å². The van der Waals surface area contributed by atoms with Crippen LogP contribution in [0.2, 0.25) is 0 Å². The lowest BCUT2D eigenvalue weighted by Gasteiger charge is -2.23. The van der Waals surface area contributed by atoms with Crippen LogP contribution in [0.1, 0.15) is 13.3 Å². The van der Waals surface area contributed by atoms with Gasteiger partial charge in [-0.3, -0.25) is 4.79 Å². The number of amides is 1. The summed E-state index contributed by atoms with van der Waals surface area (Å²) in [5, 5.41) is 15.0. The molecule has 0 aliphatic carbocycles. The molecule has 0 bridgehead atoms. The predicted octanol–water partition coefficient (Wildman–Crippen LogP) is -1.17. The number of carbonyl (C=O) groups is 1. The van der Waals surface area contributed by atoms with Gasteiger partial charge >= 0.3 is 0 Å². The van der Waals surface area contributed by atoms with Gasteiger partial charge in [0.2, 0.25) is 5.91 Å². The van der Waals surface area contributed by atoms with Crippen molar-refractivity contribution in [1.82, 2.24) is 10.6 Å². The standard InChI is InChI=1S/C10H20N2O4/c1-6(10(15-2)16-3)12-9(14)8-4-7(13)5-11-8/h6-8,10-11,13H,4-5H2,1-3H3,(H,12,14). The van der Waals surface area contributed by atoms with E-state index in [0.717, 1.165) is 0 Å². The Labute approximate surface area is 95.3 Å². The van der Waals surface area contributed by atoms with Gasteiger partial charge in [0.1, 0.15) is 0 Å². The van der Waals surface area contributed by atoms with E-state index in [9.17, 15) is 9.90 Å². The van der Waals surface area contributed by atoms with Crippen molar-refractivity contribution in [2.75, 3.05) is 20.8 Å². The summed E-state index contributed by atoms with van der Waals surface area (Å²) in [6.45, 7) is 2.27. The maximum Gasteiger partial charge on any atom is 0.237 e. The average Bonchev–Trinajstić information content (AvgIpc) is 2.66. The van der Waals surface area contributed by atoms with Crippen LogP contribution >= 0.6 is 0 Å². The molecule has 1 fully saturated rings. The monoisotopic (exact) mass is 232 g/mol. The van der Waals surface area contributed by atoms with E-state index in [0.29, 0.717) is 13.0 Å². The molecule has 3 N–H and O–H groups in total. The lowest BCUT2D eigenvalue weighted by atomic mass is 10.2. The second-order valence-electron chi connectivity index (χ2n) is 3.99. The molecule has 3 atom stereocenters. The summed E-state index contributed by atoms with van der Waals surface area (Å²) in [6.07, 6.45) is -0.453. The van der Waals surface area contributed by atoms with E-state index in [4.69, 9.17) is 9.47 Å². The van der Waals surface area contributed by atoms with Crippen LogP contribution in [0.3, 0.4) is 0 Å². The van der Waals surface area contributed by atoms with Gasteiger partial charge in [0.25, 0.3) is 0 Å². The van der Waals surface area contributed by atoms with Crippen LogP contribution in [-0.2, 0) is 14.3 Å². The van der Waals surface area contributed by atoms with Crippen LogP contribution in [-0.4, -0.2) is 56.3 Å². The normalized spacial score (nSPS) is 27.1. The van der Waals surface area contributed by atoms with E-state index in [1.165, 1.54) is 14.2 Å². The third-order valence-electron chi connectivity index (χ3n) is 2.67. The van der Waals surface area contributed by atoms with Crippen molar-refractivity contribution in [3.63, 3.8) is 0 Å². The zero-order valence-corrected chi connectivity index (χ0v) is 9.90. The molecule has 1 saturated heterocycles. The first kappa shape index (κ1) is 13.4. The Hall–Kier alpha value is -0.690. The highest BCUT2D eigenvalue weighted by atomic mass is 16.7. The van der Waals surface area contributed by atoms with Crippen molar-refractivity contribution in [1.29, 1.82) is 0 Å². The van der Waals surface area contributed by atoms with Crippen molar-refractivity contribution in [3.8, 4) is 0 Å². The molecule has 1 heterocycles. The van der Waals surface area contributed by atoms with E-state index in [1.54, 1.807) is 6.92 Å². The summed E-state index contributed by atoms with van der Waals surface area (Å²) in [6, 6.07) is -0.561. The molecule has 3 unspecified atom stereocenters. The fourth-order valence-corrected chi connectivity index (χ4v) is 1.81. The minimum Gasteiger partial charge on any atom is -0.392 e. The summed E-state index contributed by atoms with van der Waals surface area (Å²) < 4.78 is 10.1. The second kappa shape index (κ2) is 6.15. The second-order valence-corrected chi connectivity index (χ2v) is 3.99. The van der Waals surface area contributed by atoms with Gasteiger partial charge in [0, 0.05) is 20.8 Å². The Balaban J connectivity index is 2.38. The molecule has 0 radical (unpaired) electrons. The molecule has 1 amide bonds. The Bertz CT molecular complexity index is 233. The molecule has 0 aromatic rings. The fourth-order valence-electron chi connectivity index (χ4n) is 1.81. The lowest BCUT2D eigenvalue weighted by Crippen LogP contribution is -2.49. The summed E-state index contributed by atoms with van der Waals surface area (Å²) in [5.74, 6) is -0.136. The number of carbonyl (C=O) groups excluding carboxylic acids is 1. The summed E-state index contributed by atoms with van der Waals surface area (Å²) in [5.41, 5.74) is 0. The van der Waals surface area contributed by atoms with Crippen molar-refractivity contribution in [2.45, 2.75) is 37.8 Å². The van der Waals surface area contributed by atoms with E-state index >= 15 is 0 Å². The Morgan fingerprint density at radius 2 is 2.12 bits per heavy atom. The van der Waals surface area contributed by atoms with E-state index in [-0.39, 0.29) is 18.0 Å². The largest absolute Gasteiger partial charge is 0.392 e. The molecule has 94 valence electrons. The lowest BCUT2D eigenvalue weighted by molar-refractivity contribution is -0.137. The predicted molar refractivity (Wildman–Crippen MR) is 57.8 cm³/mol. The Morgan fingerprint density at radius 3 is 2.56 bits per heavy atom. The number of nitrogens with one attached hydrogen (secondary N) is 2. The van der Waals surface area contributed by atoms with E-state index < -0.39 is 12.4 Å². The van der Waals surface area contributed by atoms with Gasteiger partial charge in [-0.2, -0.15) is 0 Å². The highest BCUT2D eigenvalue weighted by Gasteiger charge is 2.29. The van der Waals surface area contributed by atoms with Gasteiger partial charge in [0.15, 0.2) is 6.29 Å². The number of rotatable bonds is 5.